The maximum atomic E-state index is 12.3. The van der Waals surface area contributed by atoms with Gasteiger partial charge in [0.2, 0.25) is 5.91 Å². The molecule has 0 aromatic heterocycles. The monoisotopic (exact) mass is 323 g/mol. The molecule has 0 heterocycles. The molecule has 0 atom stereocenters. The van der Waals surface area contributed by atoms with Crippen LogP contribution < -0.4 is 0 Å². The quantitative estimate of drug-likeness (QED) is 0.797. The van der Waals surface area contributed by atoms with E-state index in [2.05, 4.69) is 12.1 Å². The molecule has 0 unspecified atom stereocenters. The predicted molar refractivity (Wildman–Crippen MR) is 94.6 cm³/mol. The molecule has 24 heavy (non-hydrogen) atoms. The number of hydrogen-bond donors (Lipinski definition) is 1. The zero-order valence-corrected chi connectivity index (χ0v) is 13.7. The minimum absolute atomic E-state index is 0.0466. The van der Waals surface area contributed by atoms with Gasteiger partial charge >= 0.3 is 5.97 Å². The average Bonchev–Trinajstić information content (AvgIpc) is 2.59. The van der Waals surface area contributed by atoms with Gasteiger partial charge in [-0.3, -0.25) is 4.79 Å². The summed E-state index contributed by atoms with van der Waals surface area (Å²) < 4.78 is 0. The molecule has 0 saturated heterocycles. The Balaban J connectivity index is 1.91. The number of carboxylic acids is 1. The van der Waals surface area contributed by atoms with Crippen LogP contribution in [0.5, 0.6) is 0 Å². The highest BCUT2D eigenvalue weighted by Crippen LogP contribution is 2.09. The lowest BCUT2D eigenvalue weighted by atomic mass is 10.1. The second kappa shape index (κ2) is 8.67. The van der Waals surface area contributed by atoms with E-state index in [-0.39, 0.29) is 5.91 Å². The van der Waals surface area contributed by atoms with Gasteiger partial charge in [-0.05, 0) is 29.2 Å². The molecule has 0 fully saturated rings. The van der Waals surface area contributed by atoms with Gasteiger partial charge in [-0.25, -0.2) is 4.79 Å². The van der Waals surface area contributed by atoms with E-state index in [1.807, 2.05) is 42.5 Å². The fourth-order valence-electron chi connectivity index (χ4n) is 2.35. The molecule has 2 aromatic carbocycles. The second-order valence-electron chi connectivity index (χ2n) is 5.64. The Morgan fingerprint density at radius 3 is 2.46 bits per heavy atom. The van der Waals surface area contributed by atoms with Crippen LogP contribution in [-0.4, -0.2) is 35.5 Å². The van der Waals surface area contributed by atoms with Gasteiger partial charge in [0.25, 0.3) is 0 Å². The SMILES string of the molecule is CN(CCc1ccccc1)C(=O)Cc1cccc(/C=C\C(=O)O)c1. The molecule has 0 spiro atoms. The van der Waals surface area contributed by atoms with Gasteiger partial charge in [0.15, 0.2) is 0 Å². The third kappa shape index (κ3) is 5.72. The highest BCUT2D eigenvalue weighted by atomic mass is 16.4. The lowest BCUT2D eigenvalue weighted by Crippen LogP contribution is -2.30. The van der Waals surface area contributed by atoms with E-state index in [0.717, 1.165) is 23.6 Å². The number of nitrogens with zero attached hydrogens (tertiary/aromatic N) is 1. The summed E-state index contributed by atoms with van der Waals surface area (Å²) in [5.74, 6) is -0.942. The molecule has 1 N–H and O–H groups in total. The first-order valence-electron chi connectivity index (χ1n) is 7.82. The number of rotatable bonds is 7. The molecule has 2 rings (SSSR count). The molecular weight excluding hydrogens is 302 g/mol. The van der Waals surface area contributed by atoms with Crippen molar-refractivity contribution in [1.29, 1.82) is 0 Å². The van der Waals surface area contributed by atoms with E-state index in [4.69, 9.17) is 5.11 Å². The van der Waals surface area contributed by atoms with Gasteiger partial charge < -0.3 is 10.0 Å². The standard InChI is InChI=1S/C20H21NO3/c1-21(13-12-16-6-3-2-4-7-16)19(22)15-18-9-5-8-17(14-18)10-11-20(23)24/h2-11,14H,12-13,15H2,1H3,(H,23,24)/b11-10-. The smallest absolute Gasteiger partial charge is 0.328 e. The molecule has 1 amide bonds. The van der Waals surface area contributed by atoms with E-state index in [1.165, 1.54) is 11.6 Å². The summed E-state index contributed by atoms with van der Waals surface area (Å²) in [4.78, 5) is 24.6. The summed E-state index contributed by atoms with van der Waals surface area (Å²) in [6, 6.07) is 17.4. The van der Waals surface area contributed by atoms with Crippen LogP contribution in [0.4, 0.5) is 0 Å². The number of carbonyl (C=O) groups is 2. The largest absolute Gasteiger partial charge is 0.478 e. The van der Waals surface area contributed by atoms with E-state index in [1.54, 1.807) is 11.9 Å². The molecule has 4 heteroatoms. The van der Waals surface area contributed by atoms with Crippen LogP contribution in [0.25, 0.3) is 6.08 Å². The highest BCUT2D eigenvalue weighted by molar-refractivity contribution is 5.85. The number of hydrogen-bond acceptors (Lipinski definition) is 2. The summed E-state index contributed by atoms with van der Waals surface area (Å²) in [6.45, 7) is 0.668. The van der Waals surface area contributed by atoms with Crippen molar-refractivity contribution in [3.8, 4) is 0 Å². The lowest BCUT2D eigenvalue weighted by molar-refractivity contribution is -0.131. The van der Waals surface area contributed by atoms with Crippen molar-refractivity contribution in [2.75, 3.05) is 13.6 Å². The van der Waals surface area contributed by atoms with Crippen molar-refractivity contribution in [2.45, 2.75) is 12.8 Å². The number of carboxylic acid groups (broad SMARTS) is 1. The van der Waals surface area contributed by atoms with E-state index >= 15 is 0 Å². The maximum absolute atomic E-state index is 12.3. The Bertz CT molecular complexity index is 723. The molecule has 0 aliphatic carbocycles. The van der Waals surface area contributed by atoms with Gasteiger partial charge in [-0.2, -0.15) is 0 Å². The van der Waals surface area contributed by atoms with E-state index < -0.39 is 5.97 Å². The summed E-state index contributed by atoms with van der Waals surface area (Å²) >= 11 is 0. The summed E-state index contributed by atoms with van der Waals surface area (Å²) in [5, 5.41) is 8.67. The van der Waals surface area contributed by atoms with Crippen LogP contribution in [0.15, 0.2) is 60.7 Å². The number of likely N-dealkylation sites (N-methyl/N-ethyl adjacent to an activating group) is 1. The number of benzene rings is 2. The normalized spacial score (nSPS) is 10.7. The molecule has 124 valence electrons. The zero-order chi connectivity index (χ0) is 17.4. The molecule has 0 aliphatic rings. The Morgan fingerprint density at radius 2 is 1.75 bits per heavy atom. The molecular formula is C20H21NO3. The Kier molecular flexibility index (Phi) is 6.32. The second-order valence-corrected chi connectivity index (χ2v) is 5.64. The zero-order valence-electron chi connectivity index (χ0n) is 13.7. The van der Waals surface area contributed by atoms with Gasteiger partial charge in [-0.15, -0.1) is 0 Å². The van der Waals surface area contributed by atoms with Gasteiger partial charge in [-0.1, -0.05) is 54.6 Å². The van der Waals surface area contributed by atoms with Crippen LogP contribution in [0.1, 0.15) is 16.7 Å². The predicted octanol–water partition coefficient (Wildman–Crippen LogP) is 3.03. The first-order chi connectivity index (χ1) is 11.5. The summed E-state index contributed by atoms with van der Waals surface area (Å²) in [5.41, 5.74) is 2.85. The minimum Gasteiger partial charge on any atom is -0.478 e. The van der Waals surface area contributed by atoms with Crippen molar-refractivity contribution in [2.24, 2.45) is 0 Å². The Labute approximate surface area is 142 Å². The number of carbonyl (C=O) groups excluding carboxylic acids is 1. The minimum atomic E-state index is -0.989. The van der Waals surface area contributed by atoms with Gasteiger partial charge in [0.05, 0.1) is 6.42 Å². The van der Waals surface area contributed by atoms with Crippen LogP contribution in [0.3, 0.4) is 0 Å². The fourth-order valence-corrected chi connectivity index (χ4v) is 2.35. The topological polar surface area (TPSA) is 57.6 Å². The Hall–Kier alpha value is -2.88. The number of amides is 1. The number of aliphatic carboxylic acids is 1. The van der Waals surface area contributed by atoms with Crippen molar-refractivity contribution >= 4 is 18.0 Å². The lowest BCUT2D eigenvalue weighted by Gasteiger charge is -2.17. The van der Waals surface area contributed by atoms with Crippen LogP contribution in [-0.2, 0) is 22.4 Å². The van der Waals surface area contributed by atoms with Gasteiger partial charge in [0, 0.05) is 19.7 Å². The summed E-state index contributed by atoms with van der Waals surface area (Å²) in [7, 11) is 1.81. The van der Waals surface area contributed by atoms with Crippen molar-refractivity contribution in [3.63, 3.8) is 0 Å². The highest BCUT2D eigenvalue weighted by Gasteiger charge is 2.10. The Morgan fingerprint density at radius 1 is 1.04 bits per heavy atom. The molecule has 2 aromatic rings. The van der Waals surface area contributed by atoms with Crippen molar-refractivity contribution in [3.05, 3.63) is 77.4 Å². The van der Waals surface area contributed by atoms with Crippen LogP contribution in [0, 0.1) is 0 Å². The van der Waals surface area contributed by atoms with Crippen molar-refractivity contribution < 1.29 is 14.7 Å². The van der Waals surface area contributed by atoms with Crippen LogP contribution in [0.2, 0.25) is 0 Å². The molecule has 4 nitrogen and oxygen atoms in total. The molecule has 0 radical (unpaired) electrons. The first-order valence-corrected chi connectivity index (χ1v) is 7.82. The van der Waals surface area contributed by atoms with Crippen molar-refractivity contribution in [1.82, 2.24) is 4.90 Å². The molecule has 0 aliphatic heterocycles. The third-order valence-electron chi connectivity index (χ3n) is 3.73. The maximum Gasteiger partial charge on any atom is 0.328 e. The van der Waals surface area contributed by atoms with E-state index in [0.29, 0.717) is 13.0 Å². The van der Waals surface area contributed by atoms with E-state index in [9.17, 15) is 9.59 Å². The first kappa shape index (κ1) is 17.5. The van der Waals surface area contributed by atoms with Gasteiger partial charge in [0.1, 0.15) is 0 Å². The average molecular weight is 323 g/mol. The fraction of sp³-hybridized carbons (Fsp3) is 0.200. The van der Waals surface area contributed by atoms with Crippen LogP contribution >= 0.6 is 0 Å². The molecule has 0 bridgehead atoms. The molecule has 0 saturated carbocycles. The summed E-state index contributed by atoms with van der Waals surface area (Å²) in [6.07, 6.45) is 3.74. The third-order valence-corrected chi connectivity index (χ3v) is 3.73.